The molecule has 8 nitrogen and oxygen atoms in total. The summed E-state index contributed by atoms with van der Waals surface area (Å²) in [6, 6.07) is 12.6. The molecule has 0 saturated heterocycles. The first kappa shape index (κ1) is 27.7. The fraction of sp³-hybridized carbons (Fsp3) is 0.444. The molecule has 0 radical (unpaired) electrons. The standard InChI is InChI=1S/C27H38N4O4/c1-7-31(8-2)22-14-13-21(25(16-22)34-6)17-28-30-27(33)23(15-19(3)4)29-26(32)18-35-24-12-10-9-11-20(24)5/h9-14,16-17,19,23H,7-8,15,18H2,1-6H3,(H,29,32)(H,30,33)/b28-17-/t23-/m1/s1. The van der Waals surface area contributed by atoms with Crippen molar-refractivity contribution in [1.82, 2.24) is 10.7 Å². The lowest BCUT2D eigenvalue weighted by Crippen LogP contribution is -2.47. The Labute approximate surface area is 208 Å². The maximum absolute atomic E-state index is 12.8. The van der Waals surface area contributed by atoms with Crippen LogP contribution in [0, 0.1) is 12.8 Å². The third-order valence-corrected chi connectivity index (χ3v) is 5.54. The van der Waals surface area contributed by atoms with E-state index in [-0.39, 0.29) is 18.4 Å². The van der Waals surface area contributed by atoms with Crippen molar-refractivity contribution in [2.75, 3.05) is 31.7 Å². The van der Waals surface area contributed by atoms with Crippen LogP contribution in [0.3, 0.4) is 0 Å². The van der Waals surface area contributed by atoms with E-state index in [9.17, 15) is 9.59 Å². The van der Waals surface area contributed by atoms with E-state index in [1.54, 1.807) is 13.2 Å². The summed E-state index contributed by atoms with van der Waals surface area (Å²) < 4.78 is 11.1. The first-order valence-corrected chi connectivity index (χ1v) is 12.0. The summed E-state index contributed by atoms with van der Waals surface area (Å²) in [5, 5.41) is 6.87. The van der Waals surface area contributed by atoms with Crippen molar-refractivity contribution >= 4 is 23.7 Å². The molecule has 8 heteroatoms. The van der Waals surface area contributed by atoms with Crippen molar-refractivity contribution in [2.24, 2.45) is 11.0 Å². The van der Waals surface area contributed by atoms with Gasteiger partial charge < -0.3 is 19.7 Å². The van der Waals surface area contributed by atoms with Crippen molar-refractivity contribution in [3.63, 3.8) is 0 Å². The zero-order valence-electron chi connectivity index (χ0n) is 21.6. The lowest BCUT2D eigenvalue weighted by Gasteiger charge is -2.22. The van der Waals surface area contributed by atoms with E-state index in [0.29, 0.717) is 17.9 Å². The second-order valence-corrected chi connectivity index (χ2v) is 8.64. The van der Waals surface area contributed by atoms with Gasteiger partial charge in [-0.25, -0.2) is 5.43 Å². The summed E-state index contributed by atoms with van der Waals surface area (Å²) in [5.41, 5.74) is 5.27. The number of ether oxygens (including phenoxy) is 2. The average molecular weight is 483 g/mol. The molecule has 0 bridgehead atoms. The largest absolute Gasteiger partial charge is 0.496 e. The number of nitrogens with one attached hydrogen (secondary N) is 2. The van der Waals surface area contributed by atoms with E-state index in [2.05, 4.69) is 34.6 Å². The molecule has 0 spiro atoms. The number of nitrogens with zero attached hydrogens (tertiary/aromatic N) is 2. The second-order valence-electron chi connectivity index (χ2n) is 8.64. The molecule has 0 heterocycles. The number of hydrogen-bond donors (Lipinski definition) is 2. The van der Waals surface area contributed by atoms with Gasteiger partial charge in [0.25, 0.3) is 11.8 Å². The molecule has 0 aliphatic carbocycles. The van der Waals surface area contributed by atoms with Crippen molar-refractivity contribution in [3.05, 3.63) is 53.6 Å². The highest BCUT2D eigenvalue weighted by Crippen LogP contribution is 2.24. The van der Waals surface area contributed by atoms with Gasteiger partial charge in [0.1, 0.15) is 17.5 Å². The number of hydrogen-bond acceptors (Lipinski definition) is 6. The van der Waals surface area contributed by atoms with Crippen LogP contribution >= 0.6 is 0 Å². The van der Waals surface area contributed by atoms with Gasteiger partial charge in [0.05, 0.1) is 13.3 Å². The molecule has 2 aromatic carbocycles. The number of amides is 2. The number of aryl methyl sites for hydroxylation is 1. The molecule has 35 heavy (non-hydrogen) atoms. The van der Waals surface area contributed by atoms with Gasteiger partial charge in [-0.2, -0.15) is 5.10 Å². The maximum Gasteiger partial charge on any atom is 0.262 e. The first-order chi connectivity index (χ1) is 16.8. The number of hydrazone groups is 1. The molecule has 0 saturated carbocycles. The highest BCUT2D eigenvalue weighted by atomic mass is 16.5. The summed E-state index contributed by atoms with van der Waals surface area (Å²) in [4.78, 5) is 27.5. The summed E-state index contributed by atoms with van der Waals surface area (Å²) in [7, 11) is 1.60. The molecule has 2 rings (SSSR count). The van der Waals surface area contributed by atoms with Crippen molar-refractivity contribution < 1.29 is 19.1 Å². The third kappa shape index (κ3) is 8.63. The monoisotopic (exact) mass is 482 g/mol. The van der Waals surface area contributed by atoms with Gasteiger partial charge in [0.15, 0.2) is 6.61 Å². The molecular formula is C27H38N4O4. The van der Waals surface area contributed by atoms with Gasteiger partial charge in [0.2, 0.25) is 0 Å². The summed E-state index contributed by atoms with van der Waals surface area (Å²) in [6.45, 7) is 11.7. The Morgan fingerprint density at radius 1 is 1.09 bits per heavy atom. The predicted octanol–water partition coefficient (Wildman–Crippen LogP) is 3.91. The van der Waals surface area contributed by atoms with Gasteiger partial charge in [-0.3, -0.25) is 9.59 Å². The Morgan fingerprint density at radius 3 is 2.43 bits per heavy atom. The Balaban J connectivity index is 2.01. The SMILES string of the molecule is CCN(CC)c1ccc(/C=N\NC(=O)[C@@H](CC(C)C)NC(=O)COc2ccccc2C)c(OC)c1. The summed E-state index contributed by atoms with van der Waals surface area (Å²) >= 11 is 0. The molecule has 1 atom stereocenters. The average Bonchev–Trinajstić information content (AvgIpc) is 2.84. The van der Waals surface area contributed by atoms with Crippen LogP contribution in [0.15, 0.2) is 47.6 Å². The molecule has 0 aromatic heterocycles. The lowest BCUT2D eigenvalue weighted by molar-refractivity contribution is -0.130. The van der Waals surface area contributed by atoms with E-state index >= 15 is 0 Å². The first-order valence-electron chi connectivity index (χ1n) is 12.0. The third-order valence-electron chi connectivity index (χ3n) is 5.54. The van der Waals surface area contributed by atoms with Crippen LogP contribution in [0.1, 0.15) is 45.2 Å². The minimum absolute atomic E-state index is 0.175. The molecule has 190 valence electrons. The Bertz CT molecular complexity index is 1000. The van der Waals surface area contributed by atoms with Crippen molar-refractivity contribution in [1.29, 1.82) is 0 Å². The molecule has 2 aromatic rings. The zero-order valence-corrected chi connectivity index (χ0v) is 21.6. The van der Waals surface area contributed by atoms with E-state index < -0.39 is 11.9 Å². The van der Waals surface area contributed by atoms with Gasteiger partial charge in [-0.1, -0.05) is 32.0 Å². The fourth-order valence-electron chi connectivity index (χ4n) is 3.64. The van der Waals surface area contributed by atoms with E-state index in [4.69, 9.17) is 9.47 Å². The molecule has 0 aliphatic heterocycles. The number of rotatable bonds is 13. The number of para-hydroxylation sites is 1. The maximum atomic E-state index is 12.8. The predicted molar refractivity (Wildman–Crippen MR) is 140 cm³/mol. The van der Waals surface area contributed by atoms with Gasteiger partial charge >= 0.3 is 0 Å². The Hall–Kier alpha value is -3.55. The smallest absolute Gasteiger partial charge is 0.262 e. The number of carbonyl (C=O) groups excluding carboxylic acids is 2. The van der Waals surface area contributed by atoms with Crippen LogP contribution in [0.4, 0.5) is 5.69 Å². The second kappa shape index (κ2) is 14.0. The topological polar surface area (TPSA) is 92.3 Å². The normalized spacial score (nSPS) is 11.9. The number of benzene rings is 2. The Kier molecular flexibility index (Phi) is 11.1. The van der Waals surface area contributed by atoms with E-state index in [1.165, 1.54) is 6.21 Å². The highest BCUT2D eigenvalue weighted by molar-refractivity contribution is 5.90. The minimum Gasteiger partial charge on any atom is -0.496 e. The molecular weight excluding hydrogens is 444 g/mol. The summed E-state index contributed by atoms with van der Waals surface area (Å²) in [6.07, 6.45) is 2.01. The molecule has 0 fully saturated rings. The van der Waals surface area contributed by atoms with E-state index in [1.807, 2.05) is 57.2 Å². The molecule has 2 amide bonds. The van der Waals surface area contributed by atoms with Crippen LogP contribution in [0.5, 0.6) is 11.5 Å². The fourth-order valence-corrected chi connectivity index (χ4v) is 3.64. The lowest BCUT2D eigenvalue weighted by atomic mass is 10.0. The van der Waals surface area contributed by atoms with Crippen molar-refractivity contribution in [3.8, 4) is 11.5 Å². The molecule has 0 unspecified atom stereocenters. The van der Waals surface area contributed by atoms with Crippen LogP contribution in [-0.2, 0) is 9.59 Å². The van der Waals surface area contributed by atoms with Gasteiger partial charge in [-0.05, 0) is 56.9 Å². The summed E-state index contributed by atoms with van der Waals surface area (Å²) in [5.74, 6) is 0.732. The zero-order chi connectivity index (χ0) is 25.8. The number of carbonyl (C=O) groups is 2. The highest BCUT2D eigenvalue weighted by Gasteiger charge is 2.22. The minimum atomic E-state index is -0.730. The van der Waals surface area contributed by atoms with Crippen LogP contribution < -0.4 is 25.1 Å². The van der Waals surface area contributed by atoms with Crippen LogP contribution in [-0.4, -0.2) is 50.9 Å². The quantitative estimate of drug-likeness (QED) is 0.334. The van der Waals surface area contributed by atoms with Crippen molar-refractivity contribution in [2.45, 2.75) is 47.1 Å². The van der Waals surface area contributed by atoms with Crippen LogP contribution in [0.25, 0.3) is 0 Å². The van der Waals surface area contributed by atoms with Gasteiger partial charge in [-0.15, -0.1) is 0 Å². The van der Waals surface area contributed by atoms with Crippen LogP contribution in [0.2, 0.25) is 0 Å². The number of methoxy groups -OCH3 is 1. The molecule has 0 aliphatic rings. The van der Waals surface area contributed by atoms with E-state index in [0.717, 1.165) is 29.9 Å². The Morgan fingerprint density at radius 2 is 1.80 bits per heavy atom. The molecule has 2 N–H and O–H groups in total. The van der Waals surface area contributed by atoms with Gasteiger partial charge in [0, 0.05) is 30.4 Å². The number of anilines is 1.